The summed E-state index contributed by atoms with van der Waals surface area (Å²) in [5.41, 5.74) is 2.14. The molecule has 0 aliphatic rings. The molecule has 2 rings (SSSR count). The first-order chi connectivity index (χ1) is 12.2. The molecule has 0 bridgehead atoms. The van der Waals surface area contributed by atoms with Gasteiger partial charge in [-0.2, -0.15) is 0 Å². The zero-order chi connectivity index (χ0) is 19.7. The molecule has 2 N–H and O–H groups in total. The van der Waals surface area contributed by atoms with E-state index in [1.165, 1.54) is 12.0 Å². The number of hydrogen-bond acceptors (Lipinski definition) is 3. The SMILES string of the molecule is CC(C)C(O)COc1ccc(C(C)(C)c2ccc(O)cc2)cc1.CCC. The van der Waals surface area contributed by atoms with Gasteiger partial charge in [-0.3, -0.25) is 0 Å². The van der Waals surface area contributed by atoms with Crippen LogP contribution in [-0.4, -0.2) is 22.9 Å². The zero-order valence-electron chi connectivity index (χ0n) is 17.0. The average Bonchev–Trinajstić information content (AvgIpc) is 2.61. The second-order valence-electron chi connectivity index (χ2n) is 7.53. The highest BCUT2D eigenvalue weighted by Gasteiger charge is 2.23. The summed E-state index contributed by atoms with van der Waals surface area (Å²) < 4.78 is 5.64. The van der Waals surface area contributed by atoms with Gasteiger partial charge in [-0.1, -0.05) is 72.2 Å². The van der Waals surface area contributed by atoms with Gasteiger partial charge in [0.15, 0.2) is 0 Å². The van der Waals surface area contributed by atoms with Crippen molar-refractivity contribution in [3.8, 4) is 11.5 Å². The van der Waals surface area contributed by atoms with Gasteiger partial charge in [0, 0.05) is 5.41 Å². The molecule has 0 saturated heterocycles. The molecule has 1 atom stereocenters. The van der Waals surface area contributed by atoms with E-state index in [9.17, 15) is 10.2 Å². The lowest BCUT2D eigenvalue weighted by atomic mass is 9.78. The summed E-state index contributed by atoms with van der Waals surface area (Å²) in [6, 6.07) is 15.3. The van der Waals surface area contributed by atoms with Crippen molar-refractivity contribution in [2.24, 2.45) is 5.92 Å². The van der Waals surface area contributed by atoms with Crippen LogP contribution in [0.1, 0.15) is 59.1 Å². The van der Waals surface area contributed by atoms with E-state index in [1.807, 2.05) is 50.2 Å². The monoisotopic (exact) mass is 358 g/mol. The molecule has 0 aliphatic carbocycles. The van der Waals surface area contributed by atoms with Crippen molar-refractivity contribution in [2.45, 2.75) is 59.5 Å². The van der Waals surface area contributed by atoms with Gasteiger partial charge in [-0.25, -0.2) is 0 Å². The smallest absolute Gasteiger partial charge is 0.119 e. The maximum Gasteiger partial charge on any atom is 0.119 e. The van der Waals surface area contributed by atoms with Gasteiger partial charge in [0.2, 0.25) is 0 Å². The molecule has 3 heteroatoms. The average molecular weight is 359 g/mol. The van der Waals surface area contributed by atoms with Crippen LogP contribution in [0.5, 0.6) is 11.5 Å². The van der Waals surface area contributed by atoms with Crippen molar-refractivity contribution in [3.63, 3.8) is 0 Å². The molecule has 144 valence electrons. The van der Waals surface area contributed by atoms with Crippen LogP contribution >= 0.6 is 0 Å². The highest BCUT2D eigenvalue weighted by atomic mass is 16.5. The Morgan fingerprint density at radius 2 is 1.31 bits per heavy atom. The number of hydrogen-bond donors (Lipinski definition) is 2. The molecule has 0 radical (unpaired) electrons. The van der Waals surface area contributed by atoms with Crippen molar-refractivity contribution >= 4 is 0 Å². The van der Waals surface area contributed by atoms with Crippen molar-refractivity contribution < 1.29 is 14.9 Å². The van der Waals surface area contributed by atoms with Crippen LogP contribution < -0.4 is 4.74 Å². The topological polar surface area (TPSA) is 49.7 Å². The first-order valence-electron chi connectivity index (χ1n) is 9.43. The fraction of sp³-hybridized carbons (Fsp3) is 0.478. The maximum absolute atomic E-state index is 9.80. The van der Waals surface area contributed by atoms with Crippen LogP contribution in [0, 0.1) is 5.92 Å². The summed E-state index contributed by atoms with van der Waals surface area (Å²) in [6.07, 6.45) is 0.795. The number of phenolic OH excluding ortho intramolecular Hbond substituents is 1. The molecule has 0 fully saturated rings. The van der Waals surface area contributed by atoms with Crippen molar-refractivity contribution in [1.82, 2.24) is 0 Å². The summed E-state index contributed by atoms with van der Waals surface area (Å²) in [6.45, 7) is 12.8. The Balaban J connectivity index is 0.00000105. The van der Waals surface area contributed by atoms with E-state index >= 15 is 0 Å². The van der Waals surface area contributed by atoms with Gasteiger partial charge in [-0.05, 0) is 41.3 Å². The molecule has 26 heavy (non-hydrogen) atoms. The number of ether oxygens (including phenoxy) is 1. The molecule has 2 aromatic carbocycles. The van der Waals surface area contributed by atoms with Crippen LogP contribution in [0.2, 0.25) is 0 Å². The number of benzene rings is 2. The van der Waals surface area contributed by atoms with Crippen molar-refractivity contribution in [1.29, 1.82) is 0 Å². The van der Waals surface area contributed by atoms with E-state index in [0.717, 1.165) is 11.3 Å². The number of aliphatic hydroxyl groups excluding tert-OH is 1. The number of aromatic hydroxyl groups is 1. The third-order valence-corrected chi connectivity index (χ3v) is 4.36. The minimum atomic E-state index is -0.455. The van der Waals surface area contributed by atoms with Gasteiger partial charge >= 0.3 is 0 Å². The Bertz CT molecular complexity index is 628. The van der Waals surface area contributed by atoms with Crippen LogP contribution in [0.15, 0.2) is 48.5 Å². The van der Waals surface area contributed by atoms with Crippen molar-refractivity contribution in [2.75, 3.05) is 6.61 Å². The minimum Gasteiger partial charge on any atom is -0.508 e. The molecule has 0 amide bonds. The molecule has 2 aromatic rings. The Labute approximate surface area is 158 Å². The van der Waals surface area contributed by atoms with Gasteiger partial charge < -0.3 is 14.9 Å². The lowest BCUT2D eigenvalue weighted by Gasteiger charge is -2.26. The quantitative estimate of drug-likeness (QED) is 0.714. The fourth-order valence-electron chi connectivity index (χ4n) is 2.39. The molecule has 3 nitrogen and oxygen atoms in total. The molecular formula is C23H34O3. The highest BCUT2D eigenvalue weighted by Crippen LogP contribution is 2.33. The summed E-state index contributed by atoms with van der Waals surface area (Å²) in [7, 11) is 0. The number of rotatable bonds is 6. The van der Waals surface area contributed by atoms with Gasteiger partial charge in [0.25, 0.3) is 0 Å². The zero-order valence-corrected chi connectivity index (χ0v) is 17.0. The van der Waals surface area contributed by atoms with Crippen LogP contribution in [0.25, 0.3) is 0 Å². The van der Waals surface area contributed by atoms with Crippen molar-refractivity contribution in [3.05, 3.63) is 59.7 Å². The minimum absolute atomic E-state index is 0.163. The summed E-state index contributed by atoms with van der Waals surface area (Å²) >= 11 is 0. The second kappa shape index (κ2) is 10.2. The third-order valence-electron chi connectivity index (χ3n) is 4.36. The molecule has 0 saturated carbocycles. The molecule has 1 unspecified atom stereocenters. The van der Waals surface area contributed by atoms with E-state index in [1.54, 1.807) is 12.1 Å². The van der Waals surface area contributed by atoms with Gasteiger partial charge in [0.05, 0.1) is 6.10 Å². The maximum atomic E-state index is 9.80. The highest BCUT2D eigenvalue weighted by molar-refractivity contribution is 5.41. The summed E-state index contributed by atoms with van der Waals surface area (Å²) in [4.78, 5) is 0. The Kier molecular flexibility index (Phi) is 8.67. The van der Waals surface area contributed by atoms with E-state index < -0.39 is 6.10 Å². The number of aliphatic hydroxyl groups is 1. The fourth-order valence-corrected chi connectivity index (χ4v) is 2.39. The molecule has 0 heterocycles. The molecule has 0 spiro atoms. The lowest BCUT2D eigenvalue weighted by molar-refractivity contribution is 0.0701. The predicted octanol–water partition coefficient (Wildman–Crippen LogP) is 5.53. The second-order valence-corrected chi connectivity index (χ2v) is 7.53. The first-order valence-corrected chi connectivity index (χ1v) is 9.43. The first kappa shape index (κ1) is 22.0. The molecule has 0 aromatic heterocycles. The van der Waals surface area contributed by atoms with Crippen LogP contribution in [0.3, 0.4) is 0 Å². The van der Waals surface area contributed by atoms with Crippen LogP contribution in [0.4, 0.5) is 0 Å². The van der Waals surface area contributed by atoms with Gasteiger partial charge in [-0.15, -0.1) is 0 Å². The van der Waals surface area contributed by atoms with E-state index in [-0.39, 0.29) is 17.1 Å². The number of phenols is 1. The summed E-state index contributed by atoms with van der Waals surface area (Å²) in [5.74, 6) is 1.22. The van der Waals surface area contributed by atoms with E-state index in [4.69, 9.17) is 4.74 Å². The van der Waals surface area contributed by atoms with Gasteiger partial charge in [0.1, 0.15) is 18.1 Å². The Morgan fingerprint density at radius 3 is 1.73 bits per heavy atom. The predicted molar refractivity (Wildman–Crippen MR) is 109 cm³/mol. The Hall–Kier alpha value is -2.00. The van der Waals surface area contributed by atoms with E-state index in [2.05, 4.69) is 27.7 Å². The lowest BCUT2D eigenvalue weighted by Crippen LogP contribution is -2.23. The summed E-state index contributed by atoms with van der Waals surface area (Å²) in [5, 5.41) is 19.2. The standard InChI is InChI=1S/C20H26O3.C3H8/c1-14(2)19(22)13-23-18-11-7-16(8-12-18)20(3,4)15-5-9-17(21)10-6-15;1-3-2/h5-12,14,19,21-22H,13H2,1-4H3;3H2,1-2H3. The van der Waals surface area contributed by atoms with E-state index in [0.29, 0.717) is 6.61 Å². The molecule has 0 aliphatic heterocycles. The normalized spacial score (nSPS) is 12.3. The molecular weight excluding hydrogens is 324 g/mol. The third kappa shape index (κ3) is 6.38. The van der Waals surface area contributed by atoms with Crippen LogP contribution in [-0.2, 0) is 5.41 Å². The Morgan fingerprint density at radius 1 is 0.885 bits per heavy atom. The largest absolute Gasteiger partial charge is 0.508 e.